The first-order valence-electron chi connectivity index (χ1n) is 10.7. The average molecular weight is 406 g/mol. The third kappa shape index (κ3) is 4.06. The highest BCUT2D eigenvalue weighted by molar-refractivity contribution is 7.10. The van der Waals surface area contributed by atoms with Crippen LogP contribution < -0.4 is 0 Å². The number of hydrogen-bond donors (Lipinski definition) is 0. The van der Waals surface area contributed by atoms with Gasteiger partial charge in [-0.05, 0) is 51.0 Å². The van der Waals surface area contributed by atoms with E-state index >= 15 is 0 Å². The molecule has 4 rings (SSSR count). The quantitative estimate of drug-likeness (QED) is 0.776. The molecule has 0 radical (unpaired) electrons. The van der Waals surface area contributed by atoms with Gasteiger partial charge >= 0.3 is 6.09 Å². The molecule has 2 amide bonds. The van der Waals surface area contributed by atoms with Gasteiger partial charge < -0.3 is 14.5 Å². The maximum atomic E-state index is 13.2. The van der Waals surface area contributed by atoms with Gasteiger partial charge in [-0.1, -0.05) is 0 Å². The molecule has 1 aliphatic carbocycles. The Labute approximate surface area is 171 Å². The summed E-state index contributed by atoms with van der Waals surface area (Å²) < 4.78 is 5.11. The number of nitrogens with zero attached hydrogens (tertiary/aromatic N) is 3. The molecule has 1 aromatic rings. The molecule has 3 aliphatic rings. The fourth-order valence-corrected chi connectivity index (χ4v) is 5.88. The second kappa shape index (κ2) is 8.82. The Kier molecular flexibility index (Phi) is 6.21. The minimum absolute atomic E-state index is 0.204. The van der Waals surface area contributed by atoms with Crippen LogP contribution in [0.25, 0.3) is 0 Å². The van der Waals surface area contributed by atoms with E-state index < -0.39 is 0 Å². The predicted molar refractivity (Wildman–Crippen MR) is 110 cm³/mol. The van der Waals surface area contributed by atoms with E-state index in [1.165, 1.54) is 23.3 Å². The van der Waals surface area contributed by atoms with Crippen LogP contribution in [0.4, 0.5) is 4.79 Å². The van der Waals surface area contributed by atoms with Gasteiger partial charge in [-0.25, -0.2) is 4.79 Å². The lowest BCUT2D eigenvalue weighted by Gasteiger charge is -2.43. The van der Waals surface area contributed by atoms with Crippen molar-refractivity contribution in [3.05, 3.63) is 21.4 Å². The zero-order valence-corrected chi connectivity index (χ0v) is 17.6. The summed E-state index contributed by atoms with van der Waals surface area (Å²) in [5.41, 5.74) is 2.29. The Morgan fingerprint density at radius 1 is 1.07 bits per heavy atom. The number of hydrogen-bond acceptors (Lipinski definition) is 5. The van der Waals surface area contributed by atoms with Gasteiger partial charge in [0.1, 0.15) is 0 Å². The zero-order chi connectivity index (χ0) is 19.5. The number of carbonyl (C=O) groups excluding carboxylic acids is 2. The normalized spacial score (nSPS) is 23.4. The molecular formula is C21H31N3O3S. The van der Waals surface area contributed by atoms with Gasteiger partial charge in [0.2, 0.25) is 0 Å². The maximum absolute atomic E-state index is 13.2. The highest BCUT2D eigenvalue weighted by Gasteiger charge is 2.32. The van der Waals surface area contributed by atoms with Gasteiger partial charge in [0, 0.05) is 55.6 Å². The molecule has 0 bridgehead atoms. The van der Waals surface area contributed by atoms with E-state index in [9.17, 15) is 9.59 Å². The fourth-order valence-electron chi connectivity index (χ4n) is 4.77. The van der Waals surface area contributed by atoms with Crippen molar-refractivity contribution < 1.29 is 14.3 Å². The molecule has 0 spiro atoms. The van der Waals surface area contributed by atoms with Crippen molar-refractivity contribution in [1.29, 1.82) is 0 Å². The van der Waals surface area contributed by atoms with E-state index in [1.807, 2.05) is 6.92 Å². The van der Waals surface area contributed by atoms with Crippen LogP contribution in [0.15, 0.2) is 5.38 Å². The van der Waals surface area contributed by atoms with Crippen molar-refractivity contribution in [1.82, 2.24) is 14.7 Å². The van der Waals surface area contributed by atoms with E-state index in [-0.39, 0.29) is 12.0 Å². The van der Waals surface area contributed by atoms with Gasteiger partial charge in [-0.15, -0.1) is 11.3 Å². The van der Waals surface area contributed by atoms with Gasteiger partial charge in [-0.3, -0.25) is 9.69 Å². The van der Waals surface area contributed by atoms with Crippen LogP contribution in [0.5, 0.6) is 0 Å². The smallest absolute Gasteiger partial charge is 0.409 e. The molecule has 7 heteroatoms. The lowest BCUT2D eigenvalue weighted by atomic mass is 9.94. The third-order valence-electron chi connectivity index (χ3n) is 6.33. The first-order valence-corrected chi connectivity index (χ1v) is 11.6. The van der Waals surface area contributed by atoms with Crippen LogP contribution in [0.1, 0.15) is 53.4 Å². The molecule has 28 heavy (non-hydrogen) atoms. The van der Waals surface area contributed by atoms with Gasteiger partial charge in [0.15, 0.2) is 0 Å². The van der Waals surface area contributed by atoms with Crippen LogP contribution in [-0.2, 0) is 17.6 Å². The predicted octanol–water partition coefficient (Wildman–Crippen LogP) is 3.01. The molecule has 2 fully saturated rings. The second-order valence-electron chi connectivity index (χ2n) is 8.03. The summed E-state index contributed by atoms with van der Waals surface area (Å²) in [4.78, 5) is 32.9. The van der Waals surface area contributed by atoms with Crippen LogP contribution in [0.2, 0.25) is 0 Å². The highest BCUT2D eigenvalue weighted by Crippen LogP contribution is 2.31. The summed E-state index contributed by atoms with van der Waals surface area (Å²) in [5.74, 6) is 0.231. The van der Waals surface area contributed by atoms with Crippen LogP contribution in [-0.4, -0.2) is 78.6 Å². The van der Waals surface area contributed by atoms with Crippen LogP contribution in [0.3, 0.4) is 0 Å². The van der Waals surface area contributed by atoms with Crippen molar-refractivity contribution in [2.45, 2.75) is 51.5 Å². The molecule has 1 atom stereocenters. The van der Waals surface area contributed by atoms with Crippen LogP contribution >= 0.6 is 11.3 Å². The summed E-state index contributed by atoms with van der Waals surface area (Å²) in [6, 6.07) is 0.400. The first-order chi connectivity index (χ1) is 13.7. The largest absolute Gasteiger partial charge is 0.450 e. The van der Waals surface area contributed by atoms with Crippen LogP contribution in [0, 0.1) is 0 Å². The van der Waals surface area contributed by atoms with E-state index in [0.29, 0.717) is 25.7 Å². The lowest BCUT2D eigenvalue weighted by molar-refractivity contribution is 0.0377. The average Bonchev–Trinajstić information content (AvgIpc) is 3.18. The monoisotopic (exact) mass is 405 g/mol. The topological polar surface area (TPSA) is 53.1 Å². The molecule has 0 aromatic carbocycles. The molecule has 0 N–H and O–H groups in total. The molecular weight excluding hydrogens is 374 g/mol. The SMILES string of the molecule is CCOC(=O)N1CCN([C@@H]2CCCN(C(=O)c3csc4c3CCCC4)C2)CC1. The van der Waals surface area contributed by atoms with E-state index in [4.69, 9.17) is 4.74 Å². The van der Waals surface area contributed by atoms with Crippen molar-refractivity contribution in [2.75, 3.05) is 45.9 Å². The summed E-state index contributed by atoms with van der Waals surface area (Å²) in [5, 5.41) is 2.10. The molecule has 0 saturated carbocycles. The standard InChI is InChI=1S/C21H31N3O3S/c1-2-27-21(26)23-12-10-22(11-13-23)16-6-5-9-24(14-16)20(25)18-15-28-19-8-4-3-7-17(18)19/h15-16H,2-14H2,1H3/t16-/m1/s1. The van der Waals surface area contributed by atoms with Crippen molar-refractivity contribution in [3.63, 3.8) is 0 Å². The Balaban J connectivity index is 1.35. The number of amides is 2. The van der Waals surface area contributed by atoms with Gasteiger partial charge in [0.05, 0.1) is 12.2 Å². The highest BCUT2D eigenvalue weighted by atomic mass is 32.1. The summed E-state index contributed by atoms with van der Waals surface area (Å²) >= 11 is 1.77. The molecule has 2 saturated heterocycles. The number of ether oxygens (including phenoxy) is 1. The lowest BCUT2D eigenvalue weighted by Crippen LogP contribution is -2.56. The number of likely N-dealkylation sites (tertiary alicyclic amines) is 1. The number of carbonyl (C=O) groups is 2. The maximum Gasteiger partial charge on any atom is 0.409 e. The third-order valence-corrected chi connectivity index (χ3v) is 7.42. The number of piperazine rings is 1. The molecule has 6 nitrogen and oxygen atoms in total. The summed E-state index contributed by atoms with van der Waals surface area (Å²) in [7, 11) is 0. The van der Waals surface area contributed by atoms with Crippen molar-refractivity contribution in [3.8, 4) is 0 Å². The molecule has 154 valence electrons. The van der Waals surface area contributed by atoms with Crippen molar-refractivity contribution in [2.24, 2.45) is 0 Å². The second-order valence-corrected chi connectivity index (χ2v) is 8.99. The number of aryl methyl sites for hydroxylation is 1. The number of piperidine rings is 1. The number of fused-ring (bicyclic) bond motifs is 1. The number of rotatable bonds is 3. The Bertz CT molecular complexity index is 712. The first kappa shape index (κ1) is 19.7. The molecule has 2 aliphatic heterocycles. The van der Waals surface area contributed by atoms with E-state index in [0.717, 1.165) is 57.4 Å². The molecule has 0 unspecified atom stereocenters. The summed E-state index contributed by atoms with van der Waals surface area (Å²) in [6.07, 6.45) is 6.64. The number of thiophene rings is 1. The Hall–Kier alpha value is -1.60. The van der Waals surface area contributed by atoms with Gasteiger partial charge in [0.25, 0.3) is 5.91 Å². The minimum Gasteiger partial charge on any atom is -0.450 e. The van der Waals surface area contributed by atoms with Gasteiger partial charge in [-0.2, -0.15) is 0 Å². The summed E-state index contributed by atoms with van der Waals surface area (Å²) in [6.45, 7) is 7.07. The van der Waals surface area contributed by atoms with E-state index in [2.05, 4.69) is 15.2 Å². The molecule has 1 aromatic heterocycles. The van der Waals surface area contributed by atoms with Crippen molar-refractivity contribution >= 4 is 23.3 Å². The van der Waals surface area contributed by atoms with E-state index in [1.54, 1.807) is 16.2 Å². The zero-order valence-electron chi connectivity index (χ0n) is 16.8. The Morgan fingerprint density at radius 2 is 1.86 bits per heavy atom. The molecule has 3 heterocycles. The minimum atomic E-state index is -0.204. The fraction of sp³-hybridized carbons (Fsp3) is 0.714. The Morgan fingerprint density at radius 3 is 2.64 bits per heavy atom.